The van der Waals surface area contributed by atoms with E-state index in [0.29, 0.717) is 12.3 Å². The van der Waals surface area contributed by atoms with Crippen LogP contribution in [-0.2, 0) is 14.3 Å². The summed E-state index contributed by atoms with van der Waals surface area (Å²) in [6, 6.07) is 0. The Labute approximate surface area is 105 Å². The standard InChI is InChI=1S/C14H26O3/c1-4-7-9-12(10-8-5-2)11-14(16)17-13(15)6-3/h12H,4-11H2,1-3H3. The highest BCUT2D eigenvalue weighted by atomic mass is 16.6. The van der Waals surface area contributed by atoms with E-state index in [-0.39, 0.29) is 12.4 Å². The van der Waals surface area contributed by atoms with Gasteiger partial charge in [0.15, 0.2) is 0 Å². The van der Waals surface area contributed by atoms with Gasteiger partial charge in [-0.15, -0.1) is 0 Å². The predicted octanol–water partition coefficient (Wildman–Crippen LogP) is 3.85. The fraction of sp³-hybridized carbons (Fsp3) is 0.857. The van der Waals surface area contributed by atoms with Gasteiger partial charge in [-0.3, -0.25) is 9.59 Å². The van der Waals surface area contributed by atoms with Gasteiger partial charge in [-0.2, -0.15) is 0 Å². The van der Waals surface area contributed by atoms with Gasteiger partial charge in [-0.05, 0) is 18.8 Å². The molecule has 100 valence electrons. The fourth-order valence-corrected chi connectivity index (χ4v) is 1.81. The number of hydrogen-bond donors (Lipinski definition) is 0. The van der Waals surface area contributed by atoms with Crippen molar-refractivity contribution in [2.45, 2.75) is 72.1 Å². The van der Waals surface area contributed by atoms with Crippen LogP contribution >= 0.6 is 0 Å². The molecule has 0 radical (unpaired) electrons. The van der Waals surface area contributed by atoms with Crippen molar-refractivity contribution >= 4 is 11.9 Å². The smallest absolute Gasteiger partial charge is 0.313 e. The van der Waals surface area contributed by atoms with Gasteiger partial charge in [0.05, 0.1) is 0 Å². The average Bonchev–Trinajstić information content (AvgIpc) is 2.32. The molecule has 3 nitrogen and oxygen atoms in total. The third-order valence-electron chi connectivity index (χ3n) is 2.90. The zero-order chi connectivity index (χ0) is 13.1. The second-order valence-corrected chi connectivity index (χ2v) is 4.55. The van der Waals surface area contributed by atoms with Crippen LogP contribution in [-0.4, -0.2) is 11.9 Å². The molecule has 0 aliphatic rings. The van der Waals surface area contributed by atoms with Crippen LogP contribution in [0.5, 0.6) is 0 Å². The van der Waals surface area contributed by atoms with Crippen LogP contribution in [0.1, 0.15) is 72.1 Å². The summed E-state index contributed by atoms with van der Waals surface area (Å²) in [5.41, 5.74) is 0. The number of esters is 2. The zero-order valence-electron chi connectivity index (χ0n) is 11.5. The average molecular weight is 242 g/mol. The summed E-state index contributed by atoms with van der Waals surface area (Å²) in [5, 5.41) is 0. The van der Waals surface area contributed by atoms with Crippen molar-refractivity contribution in [3.05, 3.63) is 0 Å². The number of hydrogen-bond acceptors (Lipinski definition) is 3. The molecular weight excluding hydrogens is 216 g/mol. The van der Waals surface area contributed by atoms with Crippen molar-refractivity contribution in [2.75, 3.05) is 0 Å². The molecule has 0 N–H and O–H groups in total. The Balaban J connectivity index is 4.02. The molecule has 0 aromatic heterocycles. The first kappa shape index (κ1) is 16.1. The predicted molar refractivity (Wildman–Crippen MR) is 68.5 cm³/mol. The molecular formula is C14H26O3. The molecule has 0 aliphatic heterocycles. The Kier molecular flexibility index (Phi) is 9.78. The highest BCUT2D eigenvalue weighted by Crippen LogP contribution is 2.20. The monoisotopic (exact) mass is 242 g/mol. The SMILES string of the molecule is CCCCC(CCCC)CC(=O)OC(=O)CC. The minimum absolute atomic E-state index is 0.264. The van der Waals surface area contributed by atoms with Crippen molar-refractivity contribution < 1.29 is 14.3 Å². The lowest BCUT2D eigenvalue weighted by atomic mass is 9.93. The molecule has 0 fully saturated rings. The first-order valence-corrected chi connectivity index (χ1v) is 6.87. The van der Waals surface area contributed by atoms with Crippen LogP contribution in [0, 0.1) is 5.92 Å². The highest BCUT2D eigenvalue weighted by Gasteiger charge is 2.16. The van der Waals surface area contributed by atoms with E-state index in [0.717, 1.165) is 38.5 Å². The molecule has 0 atom stereocenters. The fourth-order valence-electron chi connectivity index (χ4n) is 1.81. The van der Waals surface area contributed by atoms with Crippen molar-refractivity contribution in [3.63, 3.8) is 0 Å². The summed E-state index contributed by atoms with van der Waals surface area (Å²) in [5.74, 6) is -0.388. The van der Waals surface area contributed by atoms with Gasteiger partial charge in [-0.25, -0.2) is 0 Å². The topological polar surface area (TPSA) is 43.4 Å². The second-order valence-electron chi connectivity index (χ2n) is 4.55. The summed E-state index contributed by atoms with van der Waals surface area (Å²) in [4.78, 5) is 22.5. The van der Waals surface area contributed by atoms with Gasteiger partial charge in [0, 0.05) is 12.8 Å². The maximum Gasteiger partial charge on any atom is 0.313 e. The lowest BCUT2D eigenvalue weighted by molar-refractivity contribution is -0.160. The number of unbranched alkanes of at least 4 members (excludes halogenated alkanes) is 2. The van der Waals surface area contributed by atoms with Crippen molar-refractivity contribution in [1.82, 2.24) is 0 Å². The van der Waals surface area contributed by atoms with Gasteiger partial charge in [0.1, 0.15) is 0 Å². The van der Waals surface area contributed by atoms with Crippen molar-refractivity contribution in [2.24, 2.45) is 5.92 Å². The Morgan fingerprint density at radius 3 is 1.88 bits per heavy atom. The third kappa shape index (κ3) is 8.90. The van der Waals surface area contributed by atoms with Crippen LogP contribution in [0.4, 0.5) is 0 Å². The van der Waals surface area contributed by atoms with Gasteiger partial charge >= 0.3 is 11.9 Å². The lowest BCUT2D eigenvalue weighted by Crippen LogP contribution is -2.15. The van der Waals surface area contributed by atoms with Gasteiger partial charge in [0.25, 0.3) is 0 Å². The zero-order valence-corrected chi connectivity index (χ0v) is 11.5. The molecule has 0 bridgehead atoms. The minimum Gasteiger partial charge on any atom is -0.393 e. The molecule has 0 saturated carbocycles. The van der Waals surface area contributed by atoms with E-state index in [4.69, 9.17) is 4.74 Å². The van der Waals surface area contributed by atoms with E-state index in [2.05, 4.69) is 13.8 Å². The van der Waals surface area contributed by atoms with Gasteiger partial charge in [0.2, 0.25) is 0 Å². The summed E-state index contributed by atoms with van der Waals surface area (Å²) in [7, 11) is 0. The van der Waals surface area contributed by atoms with Gasteiger partial charge < -0.3 is 4.74 Å². The summed E-state index contributed by atoms with van der Waals surface area (Å²) < 4.78 is 4.71. The second kappa shape index (κ2) is 10.3. The van der Waals surface area contributed by atoms with Crippen LogP contribution < -0.4 is 0 Å². The minimum atomic E-state index is -0.417. The lowest BCUT2D eigenvalue weighted by Gasteiger charge is -2.14. The number of carbonyl (C=O) groups is 2. The molecule has 0 aromatic rings. The molecule has 0 saturated heterocycles. The molecule has 3 heteroatoms. The van der Waals surface area contributed by atoms with E-state index in [1.807, 2.05) is 0 Å². The quantitative estimate of drug-likeness (QED) is 0.455. The van der Waals surface area contributed by atoms with Crippen LogP contribution in [0.2, 0.25) is 0 Å². The number of rotatable bonds is 9. The Morgan fingerprint density at radius 1 is 0.941 bits per heavy atom. The van der Waals surface area contributed by atoms with Gasteiger partial charge in [-0.1, -0.05) is 46.5 Å². The number of carbonyl (C=O) groups excluding carboxylic acids is 2. The molecule has 0 aliphatic carbocycles. The van der Waals surface area contributed by atoms with E-state index in [9.17, 15) is 9.59 Å². The molecule has 17 heavy (non-hydrogen) atoms. The molecule has 0 unspecified atom stereocenters. The van der Waals surface area contributed by atoms with E-state index >= 15 is 0 Å². The van der Waals surface area contributed by atoms with E-state index < -0.39 is 5.97 Å². The summed E-state index contributed by atoms with van der Waals surface area (Å²) in [6.07, 6.45) is 7.35. The first-order chi connectivity index (χ1) is 8.13. The van der Waals surface area contributed by atoms with Crippen molar-refractivity contribution in [3.8, 4) is 0 Å². The van der Waals surface area contributed by atoms with E-state index in [1.54, 1.807) is 6.92 Å². The van der Waals surface area contributed by atoms with E-state index in [1.165, 1.54) is 0 Å². The van der Waals surface area contributed by atoms with Crippen LogP contribution in [0.3, 0.4) is 0 Å². The van der Waals surface area contributed by atoms with Crippen LogP contribution in [0.25, 0.3) is 0 Å². The highest BCUT2D eigenvalue weighted by molar-refractivity contribution is 5.85. The summed E-state index contributed by atoms with van der Waals surface area (Å²) in [6.45, 7) is 5.99. The Morgan fingerprint density at radius 2 is 1.47 bits per heavy atom. The first-order valence-electron chi connectivity index (χ1n) is 6.87. The Hall–Kier alpha value is -0.860. The molecule has 0 heterocycles. The molecule has 0 amide bonds. The molecule has 0 aromatic carbocycles. The summed E-state index contributed by atoms with van der Waals surface area (Å²) >= 11 is 0. The Bertz CT molecular complexity index is 216. The normalized spacial score (nSPS) is 10.6. The van der Waals surface area contributed by atoms with Crippen molar-refractivity contribution in [1.29, 1.82) is 0 Å². The largest absolute Gasteiger partial charge is 0.393 e. The number of ether oxygens (including phenoxy) is 1. The maximum atomic E-state index is 11.5. The molecule has 0 rings (SSSR count). The third-order valence-corrected chi connectivity index (χ3v) is 2.90. The van der Waals surface area contributed by atoms with Crippen LogP contribution in [0.15, 0.2) is 0 Å². The maximum absolute atomic E-state index is 11.5. The molecule has 0 spiro atoms.